The number of benzene rings is 2. The minimum atomic E-state index is -0.419. The molecule has 0 heterocycles. The summed E-state index contributed by atoms with van der Waals surface area (Å²) in [6, 6.07) is 19.2. The van der Waals surface area contributed by atoms with E-state index in [4.69, 9.17) is 4.74 Å². The standard InChI is InChI=1S/C22H21Br2N2O.2Y/c1-22(2)18(12-21(23)24)19(22)14-26-20(13-25)15-7-6-10-17(11-15)27-16-8-4-3-5-9-16;;/h3-12,14,18-20,26H,1-2H3;;/q-1;;. The molecule has 2 aromatic carbocycles. The molecule has 1 aliphatic carbocycles. The van der Waals surface area contributed by atoms with E-state index < -0.39 is 6.04 Å². The van der Waals surface area contributed by atoms with Crippen LogP contribution in [0, 0.1) is 35.1 Å². The number of nitriles is 1. The number of halogens is 2. The third kappa shape index (κ3) is 7.60. The van der Waals surface area contributed by atoms with Crippen molar-refractivity contribution in [3.05, 3.63) is 76.2 Å². The van der Waals surface area contributed by atoms with Crippen molar-refractivity contribution in [1.29, 1.82) is 5.26 Å². The Morgan fingerprint density at radius 3 is 2.41 bits per heavy atom. The van der Waals surface area contributed by atoms with E-state index in [2.05, 4.69) is 69.7 Å². The zero-order valence-corrected chi connectivity index (χ0v) is 25.2. The van der Waals surface area contributed by atoms with E-state index in [9.17, 15) is 5.26 Å². The van der Waals surface area contributed by atoms with Gasteiger partial charge in [-0.3, -0.25) is 6.54 Å². The van der Waals surface area contributed by atoms with Crippen molar-refractivity contribution in [1.82, 2.24) is 5.32 Å². The maximum absolute atomic E-state index is 9.63. The molecule has 1 saturated carbocycles. The summed E-state index contributed by atoms with van der Waals surface area (Å²) >= 11 is 6.87. The first-order chi connectivity index (χ1) is 12.9. The van der Waals surface area contributed by atoms with Gasteiger partial charge in [-0.25, -0.2) is 0 Å². The van der Waals surface area contributed by atoms with E-state index in [0.717, 1.165) is 20.5 Å². The van der Waals surface area contributed by atoms with Gasteiger partial charge in [0.05, 0.1) is 15.5 Å². The van der Waals surface area contributed by atoms with Crippen molar-refractivity contribution in [2.45, 2.75) is 19.9 Å². The second-order valence-electron chi connectivity index (χ2n) is 7.21. The van der Waals surface area contributed by atoms with E-state index in [0.29, 0.717) is 11.8 Å². The van der Waals surface area contributed by atoms with Crippen LogP contribution in [0.4, 0.5) is 0 Å². The van der Waals surface area contributed by atoms with Crippen LogP contribution in [0.2, 0.25) is 0 Å². The molecule has 29 heavy (non-hydrogen) atoms. The minimum absolute atomic E-state index is 0. The summed E-state index contributed by atoms with van der Waals surface area (Å²) in [5.41, 5.74) is 1.06. The van der Waals surface area contributed by atoms with Crippen LogP contribution in [0.15, 0.2) is 64.1 Å². The van der Waals surface area contributed by atoms with Crippen molar-refractivity contribution >= 4 is 31.9 Å². The third-order valence-corrected chi connectivity index (χ3v) is 5.57. The van der Waals surface area contributed by atoms with Crippen LogP contribution in [-0.2, 0) is 65.4 Å². The Morgan fingerprint density at radius 1 is 1.14 bits per heavy atom. The number of allylic oxidation sites excluding steroid dienone is 1. The molecule has 0 spiro atoms. The van der Waals surface area contributed by atoms with Crippen LogP contribution in [-0.4, -0.2) is 0 Å². The second kappa shape index (κ2) is 12.6. The molecule has 0 amide bonds. The fourth-order valence-electron chi connectivity index (χ4n) is 3.28. The second-order valence-corrected chi connectivity index (χ2v) is 9.99. The molecule has 7 heteroatoms. The predicted molar refractivity (Wildman–Crippen MR) is 115 cm³/mol. The number of rotatable bonds is 7. The van der Waals surface area contributed by atoms with Gasteiger partial charge in [-0.2, -0.15) is 5.26 Å². The van der Waals surface area contributed by atoms with E-state index in [-0.39, 0.29) is 70.8 Å². The van der Waals surface area contributed by atoms with E-state index in [1.165, 1.54) is 0 Å². The van der Waals surface area contributed by atoms with Gasteiger partial charge in [0, 0.05) is 65.4 Å². The van der Waals surface area contributed by atoms with Crippen LogP contribution >= 0.6 is 31.9 Å². The first-order valence-electron chi connectivity index (χ1n) is 8.76. The molecule has 2 aromatic rings. The van der Waals surface area contributed by atoms with Crippen molar-refractivity contribution in [3.8, 4) is 17.6 Å². The summed E-state index contributed by atoms with van der Waals surface area (Å²) in [5, 5.41) is 12.9. The first-order valence-corrected chi connectivity index (χ1v) is 10.3. The van der Waals surface area contributed by atoms with E-state index in [1.807, 2.05) is 54.6 Å². The van der Waals surface area contributed by atoms with Gasteiger partial charge in [-0.1, -0.05) is 55.7 Å². The quantitative estimate of drug-likeness (QED) is 0.335. The fraction of sp³-hybridized carbons (Fsp3) is 0.273. The number of nitrogens with one attached hydrogen (secondary N) is 1. The van der Waals surface area contributed by atoms with Crippen molar-refractivity contribution < 1.29 is 70.2 Å². The summed E-state index contributed by atoms with van der Waals surface area (Å²) in [6.45, 7) is 6.52. The zero-order chi connectivity index (χ0) is 19.4. The summed E-state index contributed by atoms with van der Waals surface area (Å²) in [7, 11) is 0. The summed E-state index contributed by atoms with van der Waals surface area (Å²) in [4.78, 5) is 0. The summed E-state index contributed by atoms with van der Waals surface area (Å²) < 4.78 is 6.84. The van der Waals surface area contributed by atoms with Gasteiger partial charge in [0.15, 0.2) is 0 Å². The van der Waals surface area contributed by atoms with E-state index >= 15 is 0 Å². The molecule has 3 rings (SSSR count). The van der Waals surface area contributed by atoms with Crippen LogP contribution < -0.4 is 10.1 Å². The van der Waals surface area contributed by atoms with Gasteiger partial charge in [-0.15, -0.1) is 5.92 Å². The molecular formula is C22H21Br2N2OY2-. The molecule has 3 nitrogen and oxygen atoms in total. The third-order valence-electron chi connectivity index (χ3n) is 5.04. The van der Waals surface area contributed by atoms with Crippen molar-refractivity contribution in [2.75, 3.05) is 0 Å². The first kappa shape index (κ1) is 27.6. The monoisotopic (exact) mass is 665 g/mol. The van der Waals surface area contributed by atoms with E-state index in [1.54, 1.807) is 0 Å². The van der Waals surface area contributed by atoms with Gasteiger partial charge in [0.1, 0.15) is 11.5 Å². The van der Waals surface area contributed by atoms with Gasteiger partial charge in [0.25, 0.3) is 0 Å². The Morgan fingerprint density at radius 2 is 1.79 bits per heavy atom. The number of hydrogen-bond donors (Lipinski definition) is 1. The topological polar surface area (TPSA) is 45.0 Å². The molecule has 2 radical (unpaired) electrons. The molecule has 146 valence electrons. The minimum Gasteiger partial charge on any atom is -0.457 e. The van der Waals surface area contributed by atoms with Gasteiger partial charge in [0.2, 0.25) is 0 Å². The molecule has 0 aliphatic heterocycles. The van der Waals surface area contributed by atoms with Gasteiger partial charge >= 0.3 is 0 Å². The predicted octanol–water partition coefficient (Wildman–Crippen LogP) is 6.69. The smallest absolute Gasteiger partial charge is 0.127 e. The van der Waals surface area contributed by atoms with Crippen LogP contribution in [0.25, 0.3) is 0 Å². The van der Waals surface area contributed by atoms with Crippen molar-refractivity contribution in [2.24, 2.45) is 17.3 Å². The molecule has 3 atom stereocenters. The molecular weight excluding hydrogens is 646 g/mol. The van der Waals surface area contributed by atoms with Crippen LogP contribution in [0.5, 0.6) is 11.5 Å². The molecule has 0 aromatic heterocycles. The Hall–Kier alpha value is 0.598. The maximum Gasteiger partial charge on any atom is 0.127 e. The normalized spacial score (nSPS) is 19.6. The molecule has 1 fully saturated rings. The van der Waals surface area contributed by atoms with Crippen LogP contribution in [0.3, 0.4) is 0 Å². The number of nitrogens with zero attached hydrogens (tertiary/aromatic N) is 1. The largest absolute Gasteiger partial charge is 0.457 e. The molecule has 1 aliphatic rings. The number of para-hydroxylation sites is 1. The van der Waals surface area contributed by atoms with Crippen molar-refractivity contribution in [3.63, 3.8) is 0 Å². The molecule has 3 unspecified atom stereocenters. The zero-order valence-electron chi connectivity index (χ0n) is 16.3. The van der Waals surface area contributed by atoms with Crippen LogP contribution in [0.1, 0.15) is 25.5 Å². The Bertz CT molecular complexity index is 865. The SMILES string of the molecule is CC1(C)C(C=C(Br)Br)C1[CH-]NC(C#N)c1cccc(Oc2ccccc2)c1.[Y].[Y]. The average molecular weight is 667 g/mol. The fourth-order valence-corrected chi connectivity index (χ4v) is 3.85. The molecule has 1 N–H and O–H groups in total. The Labute approximate surface area is 240 Å². The van der Waals surface area contributed by atoms with Gasteiger partial charge < -0.3 is 10.1 Å². The average Bonchev–Trinajstić information content (AvgIpc) is 3.15. The Kier molecular flexibility index (Phi) is 12.0. The maximum atomic E-state index is 9.63. The summed E-state index contributed by atoms with van der Waals surface area (Å²) in [5.74, 6) is 2.31. The summed E-state index contributed by atoms with van der Waals surface area (Å²) in [6.07, 6.45) is 2.17. The molecule has 0 bridgehead atoms. The number of hydrogen-bond acceptors (Lipinski definition) is 3. The molecule has 0 saturated heterocycles. The van der Waals surface area contributed by atoms with Gasteiger partial charge in [-0.05, 0) is 67.6 Å². The number of ether oxygens (including phenoxy) is 1. The Balaban J connectivity index is 0.00000210.